The summed E-state index contributed by atoms with van der Waals surface area (Å²) < 4.78 is 2.02. The Morgan fingerprint density at radius 3 is 3.00 bits per heavy atom. The number of fused-ring (bicyclic) bond motifs is 1. The van der Waals surface area contributed by atoms with E-state index in [0.717, 1.165) is 35.9 Å². The highest BCUT2D eigenvalue weighted by Crippen LogP contribution is 2.25. The standard InChI is InChI=1S/C13H19N5/c1-9-5-6-15-12-11(9)16-13(14)18(12)8-7-17(2)10-3-4-10/h5-6,10H,3-4,7-8H2,1-2H3,(H2,14,16). The lowest BCUT2D eigenvalue weighted by molar-refractivity contribution is 0.311. The van der Waals surface area contributed by atoms with E-state index in [4.69, 9.17) is 5.73 Å². The summed E-state index contributed by atoms with van der Waals surface area (Å²) in [7, 11) is 2.17. The molecule has 3 rings (SSSR count). The van der Waals surface area contributed by atoms with Crippen LogP contribution in [0.3, 0.4) is 0 Å². The molecule has 1 saturated carbocycles. The minimum Gasteiger partial charge on any atom is -0.369 e. The van der Waals surface area contributed by atoms with E-state index in [0.29, 0.717) is 5.95 Å². The van der Waals surface area contributed by atoms with E-state index < -0.39 is 0 Å². The van der Waals surface area contributed by atoms with E-state index >= 15 is 0 Å². The van der Waals surface area contributed by atoms with Gasteiger partial charge in [-0.15, -0.1) is 0 Å². The topological polar surface area (TPSA) is 60.0 Å². The number of hydrogen-bond donors (Lipinski definition) is 1. The molecule has 1 aliphatic carbocycles. The number of hydrogen-bond acceptors (Lipinski definition) is 4. The largest absolute Gasteiger partial charge is 0.369 e. The molecule has 2 heterocycles. The number of nitrogens with two attached hydrogens (primary N) is 1. The zero-order valence-corrected chi connectivity index (χ0v) is 10.9. The van der Waals surface area contributed by atoms with E-state index in [9.17, 15) is 0 Å². The van der Waals surface area contributed by atoms with E-state index in [-0.39, 0.29) is 0 Å². The molecule has 0 aliphatic heterocycles. The number of anilines is 1. The molecule has 18 heavy (non-hydrogen) atoms. The molecule has 1 fully saturated rings. The summed E-state index contributed by atoms with van der Waals surface area (Å²) in [6.45, 7) is 3.89. The summed E-state index contributed by atoms with van der Waals surface area (Å²) in [5.74, 6) is 0.566. The maximum Gasteiger partial charge on any atom is 0.202 e. The Labute approximate surface area is 107 Å². The molecule has 2 aromatic rings. The number of pyridine rings is 1. The SMILES string of the molecule is Cc1ccnc2c1nc(N)n2CCN(C)C1CC1. The van der Waals surface area contributed by atoms with Gasteiger partial charge in [-0.1, -0.05) is 0 Å². The smallest absolute Gasteiger partial charge is 0.202 e. The second kappa shape index (κ2) is 4.24. The van der Waals surface area contributed by atoms with Crippen LogP contribution in [0.4, 0.5) is 5.95 Å². The fourth-order valence-electron chi connectivity index (χ4n) is 2.33. The van der Waals surface area contributed by atoms with Crippen LogP contribution < -0.4 is 5.73 Å². The monoisotopic (exact) mass is 245 g/mol. The van der Waals surface area contributed by atoms with Crippen LogP contribution in [-0.4, -0.2) is 39.1 Å². The molecule has 2 aromatic heterocycles. The van der Waals surface area contributed by atoms with Crippen molar-refractivity contribution >= 4 is 17.1 Å². The molecule has 5 nitrogen and oxygen atoms in total. The Balaban J connectivity index is 1.86. The van der Waals surface area contributed by atoms with Crippen LogP contribution in [0, 0.1) is 6.92 Å². The number of nitrogens with zero attached hydrogens (tertiary/aromatic N) is 4. The summed E-state index contributed by atoms with van der Waals surface area (Å²) >= 11 is 0. The van der Waals surface area contributed by atoms with Gasteiger partial charge in [0.1, 0.15) is 5.52 Å². The molecular weight excluding hydrogens is 226 g/mol. The molecule has 2 N–H and O–H groups in total. The van der Waals surface area contributed by atoms with Crippen molar-refractivity contribution < 1.29 is 0 Å². The summed E-state index contributed by atoms with van der Waals surface area (Å²) in [6.07, 6.45) is 4.47. The predicted molar refractivity (Wildman–Crippen MR) is 72.3 cm³/mol. The molecule has 0 bridgehead atoms. The molecule has 0 saturated heterocycles. The van der Waals surface area contributed by atoms with Crippen LogP contribution in [0.15, 0.2) is 12.3 Å². The number of nitrogen functional groups attached to an aromatic ring is 1. The minimum absolute atomic E-state index is 0.566. The van der Waals surface area contributed by atoms with Gasteiger partial charge in [-0.2, -0.15) is 0 Å². The van der Waals surface area contributed by atoms with Gasteiger partial charge in [-0.25, -0.2) is 9.97 Å². The second-order valence-corrected chi connectivity index (χ2v) is 5.13. The van der Waals surface area contributed by atoms with Gasteiger partial charge in [0.25, 0.3) is 0 Å². The van der Waals surface area contributed by atoms with Crippen molar-refractivity contribution in [2.24, 2.45) is 0 Å². The Hall–Kier alpha value is -1.62. The first-order valence-corrected chi connectivity index (χ1v) is 6.44. The number of imidazole rings is 1. The van der Waals surface area contributed by atoms with Crippen LogP contribution in [0.25, 0.3) is 11.2 Å². The zero-order chi connectivity index (χ0) is 12.7. The van der Waals surface area contributed by atoms with Gasteiger partial charge in [-0.3, -0.25) is 4.57 Å². The maximum absolute atomic E-state index is 5.99. The molecular formula is C13H19N5. The first-order chi connectivity index (χ1) is 8.66. The lowest BCUT2D eigenvalue weighted by Gasteiger charge is -2.16. The molecule has 5 heteroatoms. The van der Waals surface area contributed by atoms with Crippen molar-refractivity contribution in [1.29, 1.82) is 0 Å². The zero-order valence-electron chi connectivity index (χ0n) is 10.9. The molecule has 96 valence electrons. The number of likely N-dealkylation sites (N-methyl/N-ethyl adjacent to an activating group) is 1. The molecule has 0 unspecified atom stereocenters. The van der Waals surface area contributed by atoms with Gasteiger partial charge in [0, 0.05) is 25.3 Å². The Morgan fingerprint density at radius 2 is 2.28 bits per heavy atom. The average Bonchev–Trinajstić information content (AvgIpc) is 3.13. The molecule has 0 atom stereocenters. The average molecular weight is 245 g/mol. The van der Waals surface area contributed by atoms with Crippen LogP contribution in [-0.2, 0) is 6.54 Å². The van der Waals surface area contributed by atoms with Crippen LogP contribution in [0.2, 0.25) is 0 Å². The van der Waals surface area contributed by atoms with Crippen molar-refractivity contribution in [3.63, 3.8) is 0 Å². The molecule has 0 radical (unpaired) electrons. The molecule has 0 aromatic carbocycles. The summed E-state index contributed by atoms with van der Waals surface area (Å²) in [5, 5.41) is 0. The predicted octanol–water partition coefficient (Wildman–Crippen LogP) is 1.42. The van der Waals surface area contributed by atoms with E-state index in [2.05, 4.69) is 21.9 Å². The summed E-state index contributed by atoms with van der Waals surface area (Å²) in [4.78, 5) is 11.2. The van der Waals surface area contributed by atoms with Gasteiger partial charge < -0.3 is 10.6 Å². The third-order valence-corrected chi connectivity index (χ3v) is 3.71. The van der Waals surface area contributed by atoms with E-state index in [1.165, 1.54) is 12.8 Å². The summed E-state index contributed by atoms with van der Waals surface area (Å²) in [5.41, 5.74) is 8.94. The molecule has 0 amide bonds. The van der Waals surface area contributed by atoms with Crippen molar-refractivity contribution in [2.45, 2.75) is 32.4 Å². The van der Waals surface area contributed by atoms with Crippen LogP contribution in [0.1, 0.15) is 18.4 Å². The van der Waals surface area contributed by atoms with Gasteiger partial charge >= 0.3 is 0 Å². The van der Waals surface area contributed by atoms with Crippen molar-refractivity contribution in [1.82, 2.24) is 19.4 Å². The summed E-state index contributed by atoms with van der Waals surface area (Å²) in [6, 6.07) is 2.74. The first-order valence-electron chi connectivity index (χ1n) is 6.44. The fraction of sp³-hybridized carbons (Fsp3) is 0.538. The number of aromatic nitrogens is 3. The normalized spacial score (nSPS) is 15.7. The van der Waals surface area contributed by atoms with Crippen molar-refractivity contribution in [3.8, 4) is 0 Å². The van der Waals surface area contributed by atoms with Gasteiger partial charge in [0.15, 0.2) is 5.65 Å². The second-order valence-electron chi connectivity index (χ2n) is 5.13. The highest BCUT2D eigenvalue weighted by atomic mass is 15.2. The van der Waals surface area contributed by atoms with Gasteiger partial charge in [0.2, 0.25) is 5.95 Å². The van der Waals surface area contributed by atoms with Gasteiger partial charge in [0.05, 0.1) is 0 Å². The quantitative estimate of drug-likeness (QED) is 0.885. The Bertz CT molecular complexity index is 570. The highest BCUT2D eigenvalue weighted by Gasteiger charge is 2.25. The molecule has 0 spiro atoms. The highest BCUT2D eigenvalue weighted by molar-refractivity contribution is 5.77. The Kier molecular flexibility index (Phi) is 2.70. The van der Waals surface area contributed by atoms with Crippen molar-refractivity contribution in [2.75, 3.05) is 19.3 Å². The molecule has 1 aliphatic rings. The first kappa shape index (κ1) is 11.5. The third kappa shape index (κ3) is 1.95. The third-order valence-electron chi connectivity index (χ3n) is 3.71. The van der Waals surface area contributed by atoms with Gasteiger partial charge in [-0.05, 0) is 38.4 Å². The minimum atomic E-state index is 0.566. The maximum atomic E-state index is 5.99. The lowest BCUT2D eigenvalue weighted by atomic mass is 10.3. The van der Waals surface area contributed by atoms with E-state index in [1.54, 1.807) is 0 Å². The van der Waals surface area contributed by atoms with Crippen molar-refractivity contribution in [3.05, 3.63) is 17.8 Å². The fourth-order valence-corrected chi connectivity index (χ4v) is 2.33. The Morgan fingerprint density at radius 1 is 1.50 bits per heavy atom. The van der Waals surface area contributed by atoms with Crippen LogP contribution in [0.5, 0.6) is 0 Å². The number of aryl methyl sites for hydroxylation is 1. The number of rotatable bonds is 4. The van der Waals surface area contributed by atoms with E-state index in [1.807, 2.05) is 23.8 Å². The lowest BCUT2D eigenvalue weighted by Crippen LogP contribution is -2.25. The van der Waals surface area contributed by atoms with Crippen LogP contribution >= 0.6 is 0 Å².